The summed E-state index contributed by atoms with van der Waals surface area (Å²) >= 11 is 0. The standard InChI is InChI=1S/C27H25NO6/c1-3-34-22-15-19(12-13-21(22)29)24-23(25(30)18-9-5-4-6-10-18)26(31)27(32)28(24)16-17-8-7-11-20(14-17)33-2/h4-15,24,29-30H,3,16H2,1-2H3/b25-23-. The second-order valence-electron chi connectivity index (χ2n) is 7.80. The molecule has 174 valence electrons. The highest BCUT2D eigenvalue weighted by atomic mass is 16.5. The van der Waals surface area contributed by atoms with Crippen LogP contribution in [-0.4, -0.2) is 40.5 Å². The van der Waals surface area contributed by atoms with Gasteiger partial charge >= 0.3 is 0 Å². The minimum absolute atomic E-state index is 0.0211. The fourth-order valence-corrected chi connectivity index (χ4v) is 4.08. The number of nitrogens with zero attached hydrogens (tertiary/aromatic N) is 1. The molecule has 1 aliphatic heterocycles. The molecule has 1 atom stereocenters. The van der Waals surface area contributed by atoms with E-state index in [9.17, 15) is 19.8 Å². The van der Waals surface area contributed by atoms with E-state index in [1.807, 2.05) is 6.07 Å². The van der Waals surface area contributed by atoms with Crippen LogP contribution in [0.15, 0.2) is 78.4 Å². The molecule has 1 fully saturated rings. The Morgan fingerprint density at radius 2 is 1.76 bits per heavy atom. The summed E-state index contributed by atoms with van der Waals surface area (Å²) < 4.78 is 10.8. The Bertz CT molecular complexity index is 1250. The molecule has 0 saturated carbocycles. The first-order valence-electron chi connectivity index (χ1n) is 10.9. The highest BCUT2D eigenvalue weighted by Gasteiger charge is 2.46. The number of ketones is 1. The number of phenolic OH excluding ortho intramolecular Hbond substituents is 1. The Labute approximate surface area is 197 Å². The number of aliphatic hydroxyl groups excluding tert-OH is 1. The van der Waals surface area contributed by atoms with Crippen LogP contribution in [0.2, 0.25) is 0 Å². The maximum absolute atomic E-state index is 13.2. The van der Waals surface area contributed by atoms with Gasteiger partial charge in [0.05, 0.1) is 25.3 Å². The van der Waals surface area contributed by atoms with Gasteiger partial charge in [-0.05, 0) is 42.3 Å². The van der Waals surface area contributed by atoms with Crippen LogP contribution in [0.3, 0.4) is 0 Å². The summed E-state index contributed by atoms with van der Waals surface area (Å²) in [5.74, 6) is -0.969. The van der Waals surface area contributed by atoms with E-state index in [-0.39, 0.29) is 29.4 Å². The number of hydrogen-bond acceptors (Lipinski definition) is 6. The molecular weight excluding hydrogens is 434 g/mol. The van der Waals surface area contributed by atoms with E-state index >= 15 is 0 Å². The summed E-state index contributed by atoms with van der Waals surface area (Å²) in [6.07, 6.45) is 0. The quantitative estimate of drug-likeness (QED) is 0.308. The number of hydrogen-bond donors (Lipinski definition) is 2. The molecule has 0 spiro atoms. The number of benzene rings is 3. The molecule has 1 saturated heterocycles. The van der Waals surface area contributed by atoms with Crippen LogP contribution in [0.5, 0.6) is 17.2 Å². The number of aliphatic hydroxyl groups is 1. The monoisotopic (exact) mass is 459 g/mol. The highest BCUT2D eigenvalue weighted by Crippen LogP contribution is 2.42. The van der Waals surface area contributed by atoms with Crippen molar-refractivity contribution in [1.82, 2.24) is 4.90 Å². The minimum atomic E-state index is -0.883. The third-order valence-electron chi connectivity index (χ3n) is 5.67. The van der Waals surface area contributed by atoms with Crippen LogP contribution in [-0.2, 0) is 16.1 Å². The van der Waals surface area contributed by atoms with Gasteiger partial charge in [0.1, 0.15) is 11.5 Å². The van der Waals surface area contributed by atoms with Gasteiger partial charge in [-0.3, -0.25) is 9.59 Å². The molecule has 7 heteroatoms. The Morgan fingerprint density at radius 1 is 1.00 bits per heavy atom. The molecule has 0 radical (unpaired) electrons. The van der Waals surface area contributed by atoms with Crippen molar-refractivity contribution in [3.8, 4) is 17.2 Å². The third kappa shape index (κ3) is 4.32. The van der Waals surface area contributed by atoms with Crippen molar-refractivity contribution >= 4 is 17.4 Å². The van der Waals surface area contributed by atoms with Crippen molar-refractivity contribution < 1.29 is 29.3 Å². The average Bonchev–Trinajstić information content (AvgIpc) is 3.10. The Morgan fingerprint density at radius 3 is 2.47 bits per heavy atom. The molecule has 34 heavy (non-hydrogen) atoms. The van der Waals surface area contributed by atoms with Crippen molar-refractivity contribution in [2.24, 2.45) is 0 Å². The van der Waals surface area contributed by atoms with E-state index < -0.39 is 17.7 Å². The normalized spacial score (nSPS) is 17.1. The number of ether oxygens (including phenoxy) is 2. The second-order valence-corrected chi connectivity index (χ2v) is 7.80. The van der Waals surface area contributed by atoms with Gasteiger partial charge in [-0.25, -0.2) is 0 Å². The summed E-state index contributed by atoms with van der Waals surface area (Å²) in [4.78, 5) is 27.8. The van der Waals surface area contributed by atoms with Crippen molar-refractivity contribution in [2.45, 2.75) is 19.5 Å². The molecule has 0 aliphatic carbocycles. The molecule has 1 unspecified atom stereocenters. The van der Waals surface area contributed by atoms with Crippen LogP contribution in [0.4, 0.5) is 0 Å². The lowest BCUT2D eigenvalue weighted by atomic mass is 9.95. The second kappa shape index (κ2) is 9.70. The van der Waals surface area contributed by atoms with Gasteiger partial charge in [0.25, 0.3) is 11.7 Å². The van der Waals surface area contributed by atoms with Crippen molar-refractivity contribution in [3.05, 3.63) is 95.1 Å². The number of rotatable bonds is 7. The predicted octanol–water partition coefficient (Wildman–Crippen LogP) is 4.42. The fraction of sp³-hybridized carbons (Fsp3) is 0.185. The first kappa shape index (κ1) is 22.9. The van der Waals surface area contributed by atoms with E-state index in [1.54, 1.807) is 74.7 Å². The lowest BCUT2D eigenvalue weighted by Gasteiger charge is -2.26. The number of phenols is 1. The summed E-state index contributed by atoms with van der Waals surface area (Å²) in [7, 11) is 1.55. The van der Waals surface area contributed by atoms with E-state index in [0.29, 0.717) is 23.5 Å². The predicted molar refractivity (Wildman–Crippen MR) is 127 cm³/mol. The van der Waals surface area contributed by atoms with Crippen molar-refractivity contribution in [2.75, 3.05) is 13.7 Å². The summed E-state index contributed by atoms with van der Waals surface area (Å²) in [5, 5.41) is 21.3. The zero-order chi connectivity index (χ0) is 24.2. The molecule has 2 N–H and O–H groups in total. The fourth-order valence-electron chi connectivity index (χ4n) is 4.08. The molecule has 4 rings (SSSR count). The molecule has 1 heterocycles. The zero-order valence-corrected chi connectivity index (χ0v) is 18.9. The van der Waals surface area contributed by atoms with Crippen LogP contribution in [0, 0.1) is 0 Å². The van der Waals surface area contributed by atoms with Gasteiger partial charge in [-0.1, -0.05) is 48.5 Å². The Kier molecular flexibility index (Phi) is 6.54. The van der Waals surface area contributed by atoms with Crippen molar-refractivity contribution in [3.63, 3.8) is 0 Å². The van der Waals surface area contributed by atoms with Crippen molar-refractivity contribution in [1.29, 1.82) is 0 Å². The van der Waals surface area contributed by atoms with Crippen LogP contribution < -0.4 is 9.47 Å². The Hall–Kier alpha value is -4.26. The van der Waals surface area contributed by atoms with Gasteiger partial charge in [-0.15, -0.1) is 0 Å². The number of amides is 1. The SMILES string of the molecule is CCOc1cc(C2/C(=C(/O)c3ccccc3)C(=O)C(=O)N2Cc2cccc(OC)c2)ccc1O. The molecule has 0 aromatic heterocycles. The van der Waals surface area contributed by atoms with Gasteiger partial charge in [0, 0.05) is 12.1 Å². The number of Topliss-reactive ketones (excluding diaryl/α,β-unsaturated/α-hetero) is 1. The van der Waals surface area contributed by atoms with Gasteiger partial charge < -0.3 is 24.6 Å². The van der Waals surface area contributed by atoms with Gasteiger partial charge in [-0.2, -0.15) is 0 Å². The highest BCUT2D eigenvalue weighted by molar-refractivity contribution is 6.46. The van der Waals surface area contributed by atoms with Gasteiger partial charge in [0.15, 0.2) is 11.5 Å². The molecule has 7 nitrogen and oxygen atoms in total. The first-order valence-corrected chi connectivity index (χ1v) is 10.9. The Balaban J connectivity index is 1.87. The van der Waals surface area contributed by atoms with Crippen LogP contribution >= 0.6 is 0 Å². The maximum atomic E-state index is 13.2. The van der Waals surface area contributed by atoms with E-state index in [2.05, 4.69) is 0 Å². The number of likely N-dealkylation sites (tertiary alicyclic amines) is 1. The van der Waals surface area contributed by atoms with E-state index in [0.717, 1.165) is 5.56 Å². The molecular formula is C27H25NO6. The summed E-state index contributed by atoms with van der Waals surface area (Å²) in [6, 6.07) is 19.6. The topological polar surface area (TPSA) is 96.3 Å². The molecule has 1 amide bonds. The average molecular weight is 459 g/mol. The van der Waals surface area contributed by atoms with Crippen LogP contribution in [0.1, 0.15) is 29.7 Å². The number of aromatic hydroxyl groups is 1. The van der Waals surface area contributed by atoms with E-state index in [4.69, 9.17) is 9.47 Å². The largest absolute Gasteiger partial charge is 0.507 e. The number of carbonyl (C=O) groups is 2. The number of methoxy groups -OCH3 is 1. The summed E-state index contributed by atoms with van der Waals surface area (Å²) in [5.41, 5.74) is 1.69. The summed E-state index contributed by atoms with van der Waals surface area (Å²) in [6.45, 7) is 2.23. The third-order valence-corrected chi connectivity index (χ3v) is 5.67. The molecule has 1 aliphatic rings. The first-order chi connectivity index (χ1) is 16.4. The lowest BCUT2D eigenvalue weighted by molar-refractivity contribution is -0.140. The van der Waals surface area contributed by atoms with E-state index in [1.165, 1.54) is 11.0 Å². The van der Waals surface area contributed by atoms with Gasteiger partial charge in [0.2, 0.25) is 0 Å². The zero-order valence-electron chi connectivity index (χ0n) is 18.9. The molecule has 3 aromatic carbocycles. The molecule has 3 aromatic rings. The smallest absolute Gasteiger partial charge is 0.295 e. The maximum Gasteiger partial charge on any atom is 0.295 e. The van der Waals surface area contributed by atoms with Crippen LogP contribution in [0.25, 0.3) is 5.76 Å². The lowest BCUT2D eigenvalue weighted by Crippen LogP contribution is -2.29. The minimum Gasteiger partial charge on any atom is -0.507 e. The molecule has 0 bridgehead atoms. The number of carbonyl (C=O) groups excluding carboxylic acids is 2.